The normalized spacial score (nSPS) is 12.3. The minimum atomic E-state index is 0.216. The van der Waals surface area contributed by atoms with Gasteiger partial charge in [0.2, 0.25) is 0 Å². The van der Waals surface area contributed by atoms with E-state index in [-0.39, 0.29) is 5.54 Å². The Morgan fingerprint density at radius 3 is 2.58 bits per heavy atom. The number of hydrogen-bond donors (Lipinski definition) is 2. The summed E-state index contributed by atoms with van der Waals surface area (Å²) in [5, 5.41) is 4.93. The summed E-state index contributed by atoms with van der Waals surface area (Å²) in [6, 6.07) is 4.48. The molecular weight excluding hydrogens is 232 g/mol. The van der Waals surface area contributed by atoms with Gasteiger partial charge >= 0.3 is 0 Å². The minimum Gasteiger partial charge on any atom is -0.361 e. The summed E-state index contributed by atoms with van der Waals surface area (Å²) in [5.74, 6) is 0. The molecule has 1 aromatic heterocycles. The van der Waals surface area contributed by atoms with Gasteiger partial charge in [0, 0.05) is 22.6 Å². The lowest BCUT2D eigenvalue weighted by Crippen LogP contribution is -2.36. The van der Waals surface area contributed by atoms with Crippen molar-refractivity contribution >= 4 is 10.9 Å². The van der Waals surface area contributed by atoms with Gasteiger partial charge in [-0.05, 0) is 70.7 Å². The van der Waals surface area contributed by atoms with Gasteiger partial charge in [-0.25, -0.2) is 0 Å². The average Bonchev–Trinajstić information content (AvgIpc) is 2.72. The van der Waals surface area contributed by atoms with Crippen molar-refractivity contribution in [3.05, 3.63) is 35.0 Å². The highest BCUT2D eigenvalue weighted by atomic mass is 14.9. The Kier molecular flexibility index (Phi) is 4.00. The highest BCUT2D eigenvalue weighted by Gasteiger charge is 2.09. The van der Waals surface area contributed by atoms with Crippen LogP contribution < -0.4 is 5.32 Å². The average molecular weight is 258 g/mol. The topological polar surface area (TPSA) is 27.8 Å². The maximum absolute atomic E-state index is 3.54. The molecule has 2 aromatic rings. The number of benzene rings is 1. The number of rotatable bonds is 4. The first-order valence-electron chi connectivity index (χ1n) is 7.20. The van der Waals surface area contributed by atoms with Gasteiger partial charge in [0.15, 0.2) is 0 Å². The fraction of sp³-hybridized carbons (Fsp3) is 0.529. The Bertz CT molecular complexity index is 558. The lowest BCUT2D eigenvalue weighted by atomic mass is 10.0. The maximum atomic E-state index is 3.54. The van der Waals surface area contributed by atoms with Crippen LogP contribution in [0.2, 0.25) is 0 Å². The molecule has 1 heterocycles. The van der Waals surface area contributed by atoms with E-state index < -0.39 is 0 Å². The van der Waals surface area contributed by atoms with Gasteiger partial charge in [-0.2, -0.15) is 0 Å². The summed E-state index contributed by atoms with van der Waals surface area (Å²) in [5.41, 5.74) is 5.69. The Balaban J connectivity index is 2.04. The molecule has 0 spiro atoms. The van der Waals surface area contributed by atoms with Crippen LogP contribution in [0.4, 0.5) is 0 Å². The smallest absolute Gasteiger partial charge is 0.0489 e. The van der Waals surface area contributed by atoms with Gasteiger partial charge in [-0.15, -0.1) is 0 Å². The molecule has 19 heavy (non-hydrogen) atoms. The summed E-state index contributed by atoms with van der Waals surface area (Å²) in [6.45, 7) is 12.1. The van der Waals surface area contributed by atoms with E-state index in [0.717, 1.165) is 13.0 Å². The van der Waals surface area contributed by atoms with Crippen molar-refractivity contribution in [2.24, 2.45) is 0 Å². The van der Waals surface area contributed by atoms with Gasteiger partial charge in [0.25, 0.3) is 0 Å². The Morgan fingerprint density at radius 1 is 1.16 bits per heavy atom. The molecule has 0 bridgehead atoms. The Morgan fingerprint density at radius 2 is 1.89 bits per heavy atom. The molecule has 0 saturated carbocycles. The second-order valence-corrected chi connectivity index (χ2v) is 6.52. The van der Waals surface area contributed by atoms with Gasteiger partial charge in [0.05, 0.1) is 0 Å². The maximum Gasteiger partial charge on any atom is 0.0489 e. The third kappa shape index (κ3) is 3.38. The van der Waals surface area contributed by atoms with Crippen molar-refractivity contribution in [3.63, 3.8) is 0 Å². The number of H-pyrrole nitrogens is 1. The third-order valence-electron chi connectivity index (χ3n) is 3.75. The Hall–Kier alpha value is -1.28. The Labute approximate surface area is 116 Å². The van der Waals surface area contributed by atoms with Crippen LogP contribution >= 0.6 is 0 Å². The molecule has 0 amide bonds. The van der Waals surface area contributed by atoms with Crippen LogP contribution in [-0.2, 0) is 6.42 Å². The molecule has 2 rings (SSSR count). The largest absolute Gasteiger partial charge is 0.361 e. The predicted octanol–water partition coefficient (Wildman–Crippen LogP) is 4.11. The van der Waals surface area contributed by atoms with Crippen LogP contribution in [0, 0.1) is 13.8 Å². The first-order valence-corrected chi connectivity index (χ1v) is 7.20. The molecule has 0 saturated heterocycles. The molecule has 0 radical (unpaired) electrons. The summed E-state index contributed by atoms with van der Waals surface area (Å²) < 4.78 is 0. The van der Waals surface area contributed by atoms with Crippen molar-refractivity contribution in [1.29, 1.82) is 0 Å². The number of aromatic amines is 1. The van der Waals surface area contributed by atoms with Crippen LogP contribution in [0.25, 0.3) is 10.9 Å². The van der Waals surface area contributed by atoms with Gasteiger partial charge < -0.3 is 10.3 Å². The highest BCUT2D eigenvalue weighted by molar-refractivity contribution is 5.86. The van der Waals surface area contributed by atoms with E-state index in [0.29, 0.717) is 0 Å². The van der Waals surface area contributed by atoms with Crippen molar-refractivity contribution in [2.75, 3.05) is 6.54 Å². The van der Waals surface area contributed by atoms with E-state index in [1.165, 1.54) is 34.0 Å². The number of nitrogens with one attached hydrogen (secondary N) is 2. The zero-order chi connectivity index (χ0) is 14.0. The molecule has 0 aliphatic rings. The lowest BCUT2D eigenvalue weighted by molar-refractivity contribution is 0.422. The quantitative estimate of drug-likeness (QED) is 0.794. The molecular formula is C17H26N2. The van der Waals surface area contributed by atoms with E-state index in [1.54, 1.807) is 0 Å². The number of hydrogen-bond acceptors (Lipinski definition) is 1. The first-order chi connectivity index (χ1) is 8.88. The first kappa shape index (κ1) is 14.1. The van der Waals surface area contributed by atoms with Crippen molar-refractivity contribution in [3.8, 4) is 0 Å². The molecule has 0 atom stereocenters. The van der Waals surface area contributed by atoms with Crippen molar-refractivity contribution < 1.29 is 0 Å². The zero-order valence-corrected chi connectivity index (χ0v) is 12.9. The van der Waals surface area contributed by atoms with Crippen LogP contribution in [-0.4, -0.2) is 17.1 Å². The second-order valence-electron chi connectivity index (χ2n) is 6.52. The summed E-state index contributed by atoms with van der Waals surface area (Å²) in [6.07, 6.45) is 4.48. The number of aryl methyl sites for hydroxylation is 3. The SMILES string of the molecule is Cc1ccc2c(CCCNC(C)(C)C)c[nH]c2c1C. The molecule has 104 valence electrons. The lowest BCUT2D eigenvalue weighted by Gasteiger charge is -2.20. The second kappa shape index (κ2) is 5.38. The molecule has 0 unspecified atom stereocenters. The van der Waals surface area contributed by atoms with Crippen LogP contribution in [0.15, 0.2) is 18.3 Å². The summed E-state index contributed by atoms with van der Waals surface area (Å²) in [4.78, 5) is 3.43. The van der Waals surface area contributed by atoms with Crippen LogP contribution in [0.5, 0.6) is 0 Å². The standard InChI is InChI=1S/C17H26N2/c1-12-8-9-15-14(11-18-16(15)13(12)2)7-6-10-19-17(3,4)5/h8-9,11,18-19H,6-7,10H2,1-5H3. The van der Waals surface area contributed by atoms with Gasteiger partial charge in [-0.3, -0.25) is 0 Å². The van der Waals surface area contributed by atoms with E-state index >= 15 is 0 Å². The summed E-state index contributed by atoms with van der Waals surface area (Å²) in [7, 11) is 0. The molecule has 0 aliphatic carbocycles. The van der Waals surface area contributed by atoms with Crippen LogP contribution in [0.3, 0.4) is 0 Å². The van der Waals surface area contributed by atoms with Crippen molar-refractivity contribution in [2.45, 2.75) is 53.0 Å². The molecule has 2 nitrogen and oxygen atoms in total. The monoisotopic (exact) mass is 258 g/mol. The highest BCUT2D eigenvalue weighted by Crippen LogP contribution is 2.24. The minimum absolute atomic E-state index is 0.216. The third-order valence-corrected chi connectivity index (χ3v) is 3.75. The van der Waals surface area contributed by atoms with Gasteiger partial charge in [0.1, 0.15) is 0 Å². The number of fused-ring (bicyclic) bond motifs is 1. The number of aromatic nitrogens is 1. The van der Waals surface area contributed by atoms with E-state index in [1.807, 2.05) is 0 Å². The fourth-order valence-corrected chi connectivity index (χ4v) is 2.46. The predicted molar refractivity (Wildman–Crippen MR) is 83.8 cm³/mol. The molecule has 0 fully saturated rings. The summed E-state index contributed by atoms with van der Waals surface area (Å²) >= 11 is 0. The molecule has 2 heteroatoms. The van der Waals surface area contributed by atoms with E-state index in [2.05, 4.69) is 63.2 Å². The van der Waals surface area contributed by atoms with Crippen LogP contribution in [0.1, 0.15) is 43.9 Å². The molecule has 0 aliphatic heterocycles. The fourth-order valence-electron chi connectivity index (χ4n) is 2.46. The van der Waals surface area contributed by atoms with E-state index in [4.69, 9.17) is 0 Å². The van der Waals surface area contributed by atoms with E-state index in [9.17, 15) is 0 Å². The van der Waals surface area contributed by atoms with Crippen molar-refractivity contribution in [1.82, 2.24) is 10.3 Å². The zero-order valence-electron chi connectivity index (χ0n) is 12.9. The molecule has 2 N–H and O–H groups in total. The molecule has 1 aromatic carbocycles. The van der Waals surface area contributed by atoms with Gasteiger partial charge in [-0.1, -0.05) is 12.1 Å².